The van der Waals surface area contributed by atoms with Crippen molar-refractivity contribution in [1.82, 2.24) is 9.55 Å². The number of rotatable bonds is 3. The van der Waals surface area contributed by atoms with Gasteiger partial charge in [0.15, 0.2) is 0 Å². The minimum Gasteiger partial charge on any atom is -0.358 e. The zero-order valence-corrected chi connectivity index (χ0v) is 8.83. The van der Waals surface area contributed by atoms with Gasteiger partial charge in [0.2, 0.25) is 6.33 Å². The molecule has 0 aliphatic rings. The van der Waals surface area contributed by atoms with Crippen LogP contribution in [0.25, 0.3) is 0 Å². The second-order valence-corrected chi connectivity index (χ2v) is 3.59. The molecule has 0 bridgehead atoms. The maximum atomic E-state index is 10.5. The van der Waals surface area contributed by atoms with Crippen LogP contribution in [0.5, 0.6) is 0 Å². The van der Waals surface area contributed by atoms with E-state index < -0.39 is 4.92 Å². The van der Waals surface area contributed by atoms with Gasteiger partial charge in [-0.3, -0.25) is 0 Å². The molecule has 1 aromatic heterocycles. The van der Waals surface area contributed by atoms with Gasteiger partial charge < -0.3 is 14.7 Å². The number of aromatic nitrogens is 2. The zero-order chi connectivity index (χ0) is 11.5. The van der Waals surface area contributed by atoms with Crippen LogP contribution in [-0.4, -0.2) is 14.5 Å². The van der Waals surface area contributed by atoms with Crippen LogP contribution < -0.4 is 0 Å². The van der Waals surface area contributed by atoms with Crippen molar-refractivity contribution >= 4 is 5.82 Å². The Morgan fingerprint density at radius 3 is 2.81 bits per heavy atom. The molecule has 0 aliphatic carbocycles. The van der Waals surface area contributed by atoms with Crippen LogP contribution >= 0.6 is 0 Å². The summed E-state index contributed by atoms with van der Waals surface area (Å²) in [5, 5.41) is 10.5. The largest absolute Gasteiger partial charge is 0.381 e. The highest BCUT2D eigenvalue weighted by atomic mass is 16.6. The van der Waals surface area contributed by atoms with E-state index >= 15 is 0 Å². The highest BCUT2D eigenvalue weighted by Crippen LogP contribution is 2.11. The molecule has 0 amide bonds. The number of aryl methyl sites for hydroxylation is 1. The first-order chi connectivity index (χ1) is 7.66. The fourth-order valence-electron chi connectivity index (χ4n) is 1.51. The van der Waals surface area contributed by atoms with Crippen LogP contribution in [0.1, 0.15) is 11.1 Å². The molecular weight excluding hydrogens is 206 g/mol. The van der Waals surface area contributed by atoms with Crippen LogP contribution in [0.3, 0.4) is 0 Å². The van der Waals surface area contributed by atoms with E-state index in [2.05, 4.69) is 4.98 Å². The molecule has 2 rings (SSSR count). The third-order valence-electron chi connectivity index (χ3n) is 2.42. The van der Waals surface area contributed by atoms with E-state index in [-0.39, 0.29) is 5.82 Å². The van der Waals surface area contributed by atoms with Gasteiger partial charge in [-0.05, 0) is 28.0 Å². The second kappa shape index (κ2) is 4.14. The molecule has 2 aromatic rings. The first kappa shape index (κ1) is 10.4. The van der Waals surface area contributed by atoms with Crippen LogP contribution in [0.2, 0.25) is 0 Å². The molecule has 16 heavy (non-hydrogen) atoms. The van der Waals surface area contributed by atoms with Crippen molar-refractivity contribution in [3.63, 3.8) is 0 Å². The lowest BCUT2D eigenvalue weighted by molar-refractivity contribution is -0.389. The maximum absolute atomic E-state index is 10.5. The summed E-state index contributed by atoms with van der Waals surface area (Å²) >= 11 is 0. The number of benzene rings is 1. The summed E-state index contributed by atoms with van der Waals surface area (Å²) in [5.41, 5.74) is 2.30. The molecule has 0 fully saturated rings. The van der Waals surface area contributed by atoms with E-state index in [1.165, 1.54) is 18.1 Å². The Balaban J connectivity index is 2.21. The molecule has 0 spiro atoms. The molecule has 1 heterocycles. The van der Waals surface area contributed by atoms with Crippen molar-refractivity contribution in [3.8, 4) is 0 Å². The Morgan fingerprint density at radius 1 is 1.44 bits per heavy atom. The first-order valence-corrected chi connectivity index (χ1v) is 4.87. The predicted octanol–water partition coefficient (Wildman–Crippen LogP) is 2.15. The van der Waals surface area contributed by atoms with E-state index in [1.54, 1.807) is 4.57 Å². The first-order valence-electron chi connectivity index (χ1n) is 4.87. The van der Waals surface area contributed by atoms with Crippen LogP contribution in [0, 0.1) is 17.0 Å². The van der Waals surface area contributed by atoms with Gasteiger partial charge in [-0.15, -0.1) is 0 Å². The molecule has 0 atom stereocenters. The van der Waals surface area contributed by atoms with E-state index in [1.807, 2.05) is 31.2 Å². The van der Waals surface area contributed by atoms with E-state index in [0.29, 0.717) is 6.54 Å². The van der Waals surface area contributed by atoms with Gasteiger partial charge in [0.25, 0.3) is 0 Å². The van der Waals surface area contributed by atoms with Gasteiger partial charge in [0, 0.05) is 0 Å². The normalized spacial score (nSPS) is 10.3. The minimum absolute atomic E-state index is 0.117. The molecule has 0 unspecified atom stereocenters. The van der Waals surface area contributed by atoms with Crippen molar-refractivity contribution in [2.75, 3.05) is 0 Å². The highest BCUT2D eigenvalue weighted by molar-refractivity contribution is 5.26. The zero-order valence-electron chi connectivity index (χ0n) is 8.83. The molecule has 0 radical (unpaired) electrons. The van der Waals surface area contributed by atoms with Crippen molar-refractivity contribution in [1.29, 1.82) is 0 Å². The van der Waals surface area contributed by atoms with Crippen LogP contribution in [0.4, 0.5) is 5.82 Å². The molecule has 0 saturated carbocycles. The van der Waals surface area contributed by atoms with Crippen molar-refractivity contribution in [2.24, 2.45) is 0 Å². The second-order valence-electron chi connectivity index (χ2n) is 3.59. The quantitative estimate of drug-likeness (QED) is 0.584. The van der Waals surface area contributed by atoms with Gasteiger partial charge >= 0.3 is 5.82 Å². The molecule has 82 valence electrons. The summed E-state index contributed by atoms with van der Waals surface area (Å²) in [7, 11) is 0. The van der Waals surface area contributed by atoms with E-state index in [9.17, 15) is 10.1 Å². The Hall–Kier alpha value is -2.17. The Morgan fingerprint density at radius 2 is 2.19 bits per heavy atom. The fourth-order valence-corrected chi connectivity index (χ4v) is 1.51. The van der Waals surface area contributed by atoms with Crippen molar-refractivity contribution < 1.29 is 4.92 Å². The fraction of sp³-hybridized carbons (Fsp3) is 0.182. The summed E-state index contributed by atoms with van der Waals surface area (Å²) in [5.74, 6) is -0.117. The average Bonchev–Trinajstić information content (AvgIpc) is 2.70. The lowest BCUT2D eigenvalue weighted by Gasteiger charge is -2.04. The third kappa shape index (κ3) is 2.08. The number of nitro groups is 1. The molecule has 0 saturated heterocycles. The lowest BCUT2D eigenvalue weighted by atomic mass is 10.1. The SMILES string of the molecule is Cc1ccccc1Cn1cnc([N+](=O)[O-])c1. The smallest absolute Gasteiger partial charge is 0.358 e. The van der Waals surface area contributed by atoms with E-state index in [4.69, 9.17) is 0 Å². The number of hydrogen-bond donors (Lipinski definition) is 0. The third-order valence-corrected chi connectivity index (χ3v) is 2.42. The number of nitrogens with zero attached hydrogens (tertiary/aromatic N) is 3. The number of imidazole rings is 1. The van der Waals surface area contributed by atoms with Gasteiger partial charge in [-0.2, -0.15) is 0 Å². The molecule has 0 aliphatic heterocycles. The molecule has 5 heteroatoms. The van der Waals surface area contributed by atoms with Crippen molar-refractivity contribution in [2.45, 2.75) is 13.5 Å². The Kier molecular flexibility index (Phi) is 2.68. The molecule has 0 N–H and O–H groups in total. The maximum Gasteiger partial charge on any atom is 0.381 e. The molecular formula is C11H11N3O2. The lowest BCUT2D eigenvalue weighted by Crippen LogP contribution is -1.98. The Labute approximate surface area is 92.5 Å². The minimum atomic E-state index is -0.492. The summed E-state index contributed by atoms with van der Waals surface area (Å²) < 4.78 is 1.71. The predicted molar refractivity (Wildman–Crippen MR) is 59.2 cm³/mol. The summed E-state index contributed by atoms with van der Waals surface area (Å²) in [4.78, 5) is 13.7. The monoisotopic (exact) mass is 217 g/mol. The standard InChI is InChI=1S/C11H11N3O2/c1-9-4-2-3-5-10(9)6-13-7-11(12-8-13)14(15)16/h2-5,7-8H,6H2,1H3. The van der Waals surface area contributed by atoms with Crippen LogP contribution in [0.15, 0.2) is 36.8 Å². The summed E-state index contributed by atoms with van der Waals surface area (Å²) in [6.07, 6.45) is 2.91. The van der Waals surface area contributed by atoms with Gasteiger partial charge in [-0.1, -0.05) is 24.3 Å². The van der Waals surface area contributed by atoms with Gasteiger partial charge in [-0.25, -0.2) is 0 Å². The summed E-state index contributed by atoms with van der Waals surface area (Å²) in [6.45, 7) is 2.62. The molecule has 5 nitrogen and oxygen atoms in total. The number of hydrogen-bond acceptors (Lipinski definition) is 3. The average molecular weight is 217 g/mol. The highest BCUT2D eigenvalue weighted by Gasteiger charge is 2.09. The van der Waals surface area contributed by atoms with Crippen LogP contribution in [-0.2, 0) is 6.54 Å². The molecule has 1 aromatic carbocycles. The van der Waals surface area contributed by atoms with Gasteiger partial charge in [0.05, 0.1) is 6.54 Å². The van der Waals surface area contributed by atoms with Gasteiger partial charge in [0.1, 0.15) is 6.20 Å². The van der Waals surface area contributed by atoms with Crippen molar-refractivity contribution in [3.05, 3.63) is 58.0 Å². The topological polar surface area (TPSA) is 61.0 Å². The van der Waals surface area contributed by atoms with E-state index in [0.717, 1.165) is 5.56 Å². The summed E-state index contributed by atoms with van der Waals surface area (Å²) in [6, 6.07) is 7.94. The Bertz CT molecular complexity index is 519.